The van der Waals surface area contributed by atoms with Gasteiger partial charge in [0.1, 0.15) is 16.1 Å². The van der Waals surface area contributed by atoms with Crippen molar-refractivity contribution in [3.8, 4) is 0 Å². The average Bonchev–Trinajstić information content (AvgIpc) is 2.84. The van der Waals surface area contributed by atoms with Crippen molar-refractivity contribution >= 4 is 11.3 Å². The summed E-state index contributed by atoms with van der Waals surface area (Å²) < 4.78 is 5.74. The SMILES string of the molecule is CCC(N)c1nnc(C2CCC(C)O2)s1. The molecule has 0 amide bonds. The molecule has 1 aromatic heterocycles. The van der Waals surface area contributed by atoms with E-state index in [-0.39, 0.29) is 12.1 Å². The highest BCUT2D eigenvalue weighted by Crippen LogP contribution is 2.34. The van der Waals surface area contributed by atoms with E-state index in [1.54, 1.807) is 11.3 Å². The van der Waals surface area contributed by atoms with Crippen molar-refractivity contribution in [1.29, 1.82) is 0 Å². The summed E-state index contributed by atoms with van der Waals surface area (Å²) in [6, 6.07) is 0.0232. The van der Waals surface area contributed by atoms with E-state index in [2.05, 4.69) is 24.0 Å². The fourth-order valence-corrected chi connectivity index (χ4v) is 2.69. The van der Waals surface area contributed by atoms with Gasteiger partial charge in [0.05, 0.1) is 12.1 Å². The van der Waals surface area contributed by atoms with Crippen LogP contribution in [0.4, 0.5) is 0 Å². The summed E-state index contributed by atoms with van der Waals surface area (Å²) in [6.45, 7) is 4.15. The molecule has 0 radical (unpaired) electrons. The molecule has 3 unspecified atom stereocenters. The lowest BCUT2D eigenvalue weighted by atomic mass is 10.2. The van der Waals surface area contributed by atoms with Crippen LogP contribution in [0.5, 0.6) is 0 Å². The van der Waals surface area contributed by atoms with Gasteiger partial charge >= 0.3 is 0 Å². The molecule has 1 aliphatic rings. The summed E-state index contributed by atoms with van der Waals surface area (Å²) >= 11 is 1.59. The number of ether oxygens (including phenoxy) is 1. The van der Waals surface area contributed by atoms with Crippen LogP contribution in [-0.4, -0.2) is 16.3 Å². The molecular formula is C10H17N3OS. The Morgan fingerprint density at radius 1 is 1.53 bits per heavy atom. The number of rotatable bonds is 3. The molecule has 0 aromatic carbocycles. The summed E-state index contributed by atoms with van der Waals surface area (Å²) in [7, 11) is 0. The molecule has 1 saturated heterocycles. The van der Waals surface area contributed by atoms with Crippen LogP contribution in [0.15, 0.2) is 0 Å². The van der Waals surface area contributed by atoms with Crippen molar-refractivity contribution in [1.82, 2.24) is 10.2 Å². The number of aromatic nitrogens is 2. The topological polar surface area (TPSA) is 61.0 Å². The van der Waals surface area contributed by atoms with E-state index < -0.39 is 0 Å². The van der Waals surface area contributed by atoms with Crippen molar-refractivity contribution in [3.63, 3.8) is 0 Å². The van der Waals surface area contributed by atoms with E-state index in [0.717, 1.165) is 29.3 Å². The standard InChI is InChI=1S/C10H17N3OS/c1-3-7(11)9-12-13-10(15-9)8-5-4-6(2)14-8/h6-8H,3-5,11H2,1-2H3. The summed E-state index contributed by atoms with van der Waals surface area (Å²) in [4.78, 5) is 0. The quantitative estimate of drug-likeness (QED) is 0.859. The van der Waals surface area contributed by atoms with Crippen molar-refractivity contribution in [2.45, 2.75) is 51.4 Å². The van der Waals surface area contributed by atoms with Gasteiger partial charge in [-0.1, -0.05) is 18.3 Å². The number of nitrogens with zero attached hydrogens (tertiary/aromatic N) is 2. The first-order chi connectivity index (χ1) is 7.20. The second kappa shape index (κ2) is 4.55. The number of nitrogens with two attached hydrogens (primary N) is 1. The van der Waals surface area contributed by atoms with Gasteiger partial charge < -0.3 is 10.5 Å². The largest absolute Gasteiger partial charge is 0.368 e. The van der Waals surface area contributed by atoms with Gasteiger partial charge in [0.25, 0.3) is 0 Å². The molecule has 1 aliphatic heterocycles. The van der Waals surface area contributed by atoms with Crippen LogP contribution >= 0.6 is 11.3 Å². The van der Waals surface area contributed by atoms with Crippen molar-refractivity contribution in [2.24, 2.45) is 5.73 Å². The van der Waals surface area contributed by atoms with Crippen LogP contribution in [0.3, 0.4) is 0 Å². The van der Waals surface area contributed by atoms with Crippen molar-refractivity contribution in [3.05, 3.63) is 10.0 Å². The maximum Gasteiger partial charge on any atom is 0.146 e. The minimum Gasteiger partial charge on any atom is -0.368 e. The van der Waals surface area contributed by atoms with Gasteiger partial charge in [0.2, 0.25) is 0 Å². The summed E-state index contributed by atoms with van der Waals surface area (Å²) in [6.07, 6.45) is 3.56. The molecular weight excluding hydrogens is 210 g/mol. The normalized spacial score (nSPS) is 28.2. The molecule has 1 aromatic rings. The lowest BCUT2D eigenvalue weighted by Gasteiger charge is -2.06. The highest BCUT2D eigenvalue weighted by molar-refractivity contribution is 7.11. The smallest absolute Gasteiger partial charge is 0.146 e. The Bertz CT molecular complexity index is 328. The minimum atomic E-state index is 0.0232. The molecule has 3 atom stereocenters. The predicted octanol–water partition coefficient (Wildman–Crippen LogP) is 2.19. The Morgan fingerprint density at radius 2 is 2.33 bits per heavy atom. The van der Waals surface area contributed by atoms with E-state index in [9.17, 15) is 0 Å². The molecule has 2 heterocycles. The van der Waals surface area contributed by atoms with Gasteiger partial charge in [0.15, 0.2) is 0 Å². The van der Waals surface area contributed by atoms with Crippen LogP contribution < -0.4 is 5.73 Å². The first-order valence-corrected chi connectivity index (χ1v) is 6.26. The monoisotopic (exact) mass is 227 g/mol. The van der Waals surface area contributed by atoms with E-state index in [1.807, 2.05) is 0 Å². The van der Waals surface area contributed by atoms with E-state index in [0.29, 0.717) is 6.10 Å². The second-order valence-corrected chi connectivity index (χ2v) is 5.05. The Morgan fingerprint density at radius 3 is 2.93 bits per heavy atom. The van der Waals surface area contributed by atoms with Crippen LogP contribution in [-0.2, 0) is 4.74 Å². The van der Waals surface area contributed by atoms with Gasteiger partial charge in [-0.2, -0.15) is 0 Å². The van der Waals surface area contributed by atoms with Gasteiger partial charge in [0, 0.05) is 0 Å². The first-order valence-electron chi connectivity index (χ1n) is 5.45. The molecule has 0 spiro atoms. The molecule has 0 bridgehead atoms. The molecule has 2 N–H and O–H groups in total. The number of hydrogen-bond acceptors (Lipinski definition) is 5. The second-order valence-electron chi connectivity index (χ2n) is 4.01. The highest BCUT2D eigenvalue weighted by atomic mass is 32.1. The highest BCUT2D eigenvalue weighted by Gasteiger charge is 2.27. The maximum atomic E-state index is 5.90. The van der Waals surface area contributed by atoms with Crippen LogP contribution in [0, 0.1) is 0 Å². The van der Waals surface area contributed by atoms with Gasteiger partial charge in [-0.05, 0) is 26.2 Å². The third-order valence-corrected chi connectivity index (χ3v) is 3.87. The lowest BCUT2D eigenvalue weighted by molar-refractivity contribution is 0.0550. The van der Waals surface area contributed by atoms with Gasteiger partial charge in [-0.15, -0.1) is 10.2 Å². The third kappa shape index (κ3) is 2.35. The van der Waals surface area contributed by atoms with Crippen molar-refractivity contribution < 1.29 is 4.74 Å². The van der Waals surface area contributed by atoms with Crippen molar-refractivity contribution in [2.75, 3.05) is 0 Å². The van der Waals surface area contributed by atoms with Gasteiger partial charge in [-0.25, -0.2) is 0 Å². The Hall–Kier alpha value is -0.520. The molecule has 2 rings (SSSR count). The summed E-state index contributed by atoms with van der Waals surface area (Å²) in [5.74, 6) is 0. The van der Waals surface area contributed by atoms with E-state index in [1.165, 1.54) is 0 Å². The minimum absolute atomic E-state index is 0.0232. The van der Waals surface area contributed by atoms with E-state index in [4.69, 9.17) is 10.5 Å². The Kier molecular flexibility index (Phi) is 3.33. The maximum absolute atomic E-state index is 5.90. The predicted molar refractivity (Wildman–Crippen MR) is 59.7 cm³/mol. The van der Waals surface area contributed by atoms with Crippen LogP contribution in [0.2, 0.25) is 0 Å². The molecule has 4 nitrogen and oxygen atoms in total. The third-order valence-electron chi connectivity index (χ3n) is 2.72. The zero-order valence-electron chi connectivity index (χ0n) is 9.14. The zero-order valence-corrected chi connectivity index (χ0v) is 9.96. The fraction of sp³-hybridized carbons (Fsp3) is 0.800. The summed E-state index contributed by atoms with van der Waals surface area (Å²) in [5.41, 5.74) is 5.90. The Balaban J connectivity index is 2.07. The molecule has 15 heavy (non-hydrogen) atoms. The molecule has 84 valence electrons. The number of hydrogen-bond donors (Lipinski definition) is 1. The van der Waals surface area contributed by atoms with E-state index >= 15 is 0 Å². The summed E-state index contributed by atoms with van der Waals surface area (Å²) in [5, 5.41) is 10.2. The van der Waals surface area contributed by atoms with Crippen LogP contribution in [0.1, 0.15) is 55.3 Å². The van der Waals surface area contributed by atoms with Crippen LogP contribution in [0.25, 0.3) is 0 Å². The average molecular weight is 227 g/mol. The molecule has 5 heteroatoms. The fourth-order valence-electron chi connectivity index (χ4n) is 1.69. The zero-order chi connectivity index (χ0) is 10.8. The Labute approximate surface area is 93.8 Å². The van der Waals surface area contributed by atoms with Gasteiger partial charge in [-0.3, -0.25) is 0 Å². The molecule has 0 saturated carbocycles. The lowest BCUT2D eigenvalue weighted by Crippen LogP contribution is -2.07. The first kappa shape index (κ1) is 11.0. The molecule has 0 aliphatic carbocycles. The molecule has 1 fully saturated rings.